The van der Waals surface area contributed by atoms with E-state index in [1.807, 2.05) is 12.2 Å². The summed E-state index contributed by atoms with van der Waals surface area (Å²) < 4.78 is 11.3. The molecule has 1 aromatic carbocycles. The molecule has 4 heterocycles. The van der Waals surface area contributed by atoms with Crippen LogP contribution in [0.2, 0.25) is 0 Å². The van der Waals surface area contributed by atoms with Crippen LogP contribution < -0.4 is 10.2 Å². The zero-order chi connectivity index (χ0) is 24.0. The molecule has 4 amide bonds. The molecule has 0 radical (unpaired) electrons. The van der Waals surface area contributed by atoms with E-state index >= 15 is 0 Å². The van der Waals surface area contributed by atoms with Crippen LogP contribution in [0, 0.1) is 11.8 Å². The van der Waals surface area contributed by atoms with Crippen LogP contribution in [0.1, 0.15) is 13.8 Å². The number of nitrogens with zero attached hydrogens (tertiary/aromatic N) is 3. The molecule has 180 valence electrons. The van der Waals surface area contributed by atoms with Crippen LogP contribution in [0.5, 0.6) is 0 Å². The maximum Gasteiger partial charge on any atom is 0.409 e. The topological polar surface area (TPSA) is 108 Å². The van der Waals surface area contributed by atoms with E-state index in [4.69, 9.17) is 9.47 Å². The number of benzene rings is 1. The van der Waals surface area contributed by atoms with Gasteiger partial charge in [-0.3, -0.25) is 14.4 Å². The van der Waals surface area contributed by atoms with Crippen LogP contribution in [0.25, 0.3) is 0 Å². The SMILES string of the molecule is CCOC(=O)N1CCN(C(=O)[C@H]2[C@H]3C(=O)N(c4ccc(NC(C)=O)cc4)C[C@@]34C=C[C@H]2O4)CC1. The minimum absolute atomic E-state index is 0.110. The van der Waals surface area contributed by atoms with Crippen molar-refractivity contribution in [2.45, 2.75) is 25.6 Å². The molecule has 3 fully saturated rings. The number of rotatable bonds is 4. The third kappa shape index (κ3) is 3.62. The normalized spacial score (nSPS) is 29.4. The number of anilines is 2. The molecule has 10 nitrogen and oxygen atoms in total. The minimum atomic E-state index is -0.814. The Morgan fingerprint density at radius 1 is 1.12 bits per heavy atom. The van der Waals surface area contributed by atoms with Gasteiger partial charge in [0.25, 0.3) is 0 Å². The van der Waals surface area contributed by atoms with Gasteiger partial charge in [-0.15, -0.1) is 0 Å². The van der Waals surface area contributed by atoms with Crippen LogP contribution in [-0.4, -0.2) is 84.7 Å². The molecular formula is C24H28N4O6. The lowest BCUT2D eigenvalue weighted by atomic mass is 9.76. The van der Waals surface area contributed by atoms with Gasteiger partial charge in [0.15, 0.2) is 0 Å². The van der Waals surface area contributed by atoms with E-state index in [9.17, 15) is 19.2 Å². The molecule has 1 N–H and O–H groups in total. The molecule has 5 rings (SSSR count). The van der Waals surface area contributed by atoms with Crippen LogP contribution in [-0.2, 0) is 23.9 Å². The summed E-state index contributed by atoms with van der Waals surface area (Å²) in [5.74, 6) is -1.59. The summed E-state index contributed by atoms with van der Waals surface area (Å²) in [5.41, 5.74) is 0.524. The molecule has 0 saturated carbocycles. The largest absolute Gasteiger partial charge is 0.450 e. The third-order valence-corrected chi connectivity index (χ3v) is 7.00. The number of hydrogen-bond acceptors (Lipinski definition) is 6. The molecular weight excluding hydrogens is 440 g/mol. The molecule has 1 aromatic rings. The van der Waals surface area contributed by atoms with Gasteiger partial charge >= 0.3 is 6.09 Å². The first-order chi connectivity index (χ1) is 16.3. The van der Waals surface area contributed by atoms with E-state index in [0.717, 1.165) is 0 Å². The van der Waals surface area contributed by atoms with Crippen LogP contribution in [0.3, 0.4) is 0 Å². The summed E-state index contributed by atoms with van der Waals surface area (Å²) in [6, 6.07) is 7.05. The molecule has 0 aromatic heterocycles. The minimum Gasteiger partial charge on any atom is -0.450 e. The van der Waals surface area contributed by atoms with Gasteiger partial charge in [-0.1, -0.05) is 12.2 Å². The van der Waals surface area contributed by atoms with Crippen molar-refractivity contribution in [1.82, 2.24) is 9.80 Å². The van der Waals surface area contributed by atoms with E-state index in [2.05, 4.69) is 5.32 Å². The fourth-order valence-electron chi connectivity index (χ4n) is 5.46. The molecule has 34 heavy (non-hydrogen) atoms. The predicted octanol–water partition coefficient (Wildman–Crippen LogP) is 1.23. The van der Waals surface area contributed by atoms with Crippen LogP contribution in [0.15, 0.2) is 36.4 Å². The fraction of sp³-hybridized carbons (Fsp3) is 0.500. The van der Waals surface area contributed by atoms with E-state index in [1.54, 1.807) is 45.9 Å². The van der Waals surface area contributed by atoms with Crippen molar-refractivity contribution in [2.75, 3.05) is 49.5 Å². The summed E-state index contributed by atoms with van der Waals surface area (Å²) in [6.45, 7) is 5.43. The average molecular weight is 469 g/mol. The monoisotopic (exact) mass is 468 g/mol. The van der Waals surface area contributed by atoms with Gasteiger partial charge in [0.1, 0.15) is 5.60 Å². The van der Waals surface area contributed by atoms with Gasteiger partial charge in [-0.2, -0.15) is 0 Å². The van der Waals surface area contributed by atoms with Gasteiger partial charge in [0.2, 0.25) is 17.7 Å². The smallest absolute Gasteiger partial charge is 0.409 e. The zero-order valence-corrected chi connectivity index (χ0v) is 19.2. The van der Waals surface area contributed by atoms with Gasteiger partial charge in [-0.25, -0.2) is 4.79 Å². The van der Waals surface area contributed by atoms with Crippen molar-refractivity contribution in [2.24, 2.45) is 11.8 Å². The second-order valence-electron chi connectivity index (χ2n) is 9.06. The number of ether oxygens (including phenoxy) is 2. The molecule has 10 heteroatoms. The number of hydrogen-bond donors (Lipinski definition) is 1. The Hall–Kier alpha value is -3.40. The van der Waals surface area contributed by atoms with Gasteiger partial charge in [-0.05, 0) is 31.2 Å². The average Bonchev–Trinajstić information content (AvgIpc) is 3.47. The number of carbonyl (C=O) groups excluding carboxylic acids is 4. The molecule has 4 atom stereocenters. The highest BCUT2D eigenvalue weighted by Crippen LogP contribution is 2.53. The van der Waals surface area contributed by atoms with Crippen molar-refractivity contribution >= 4 is 35.2 Å². The van der Waals surface area contributed by atoms with E-state index in [1.165, 1.54) is 6.92 Å². The summed E-state index contributed by atoms with van der Waals surface area (Å²) in [7, 11) is 0. The number of fused-ring (bicyclic) bond motifs is 1. The Labute approximate surface area is 197 Å². The highest BCUT2D eigenvalue weighted by Gasteiger charge is 2.67. The fourth-order valence-corrected chi connectivity index (χ4v) is 5.46. The van der Waals surface area contributed by atoms with Crippen molar-refractivity contribution in [3.63, 3.8) is 0 Å². The second-order valence-corrected chi connectivity index (χ2v) is 9.06. The molecule has 0 unspecified atom stereocenters. The number of amides is 4. The predicted molar refractivity (Wildman–Crippen MR) is 122 cm³/mol. The van der Waals surface area contributed by atoms with Crippen molar-refractivity contribution in [3.8, 4) is 0 Å². The Morgan fingerprint density at radius 2 is 1.79 bits per heavy atom. The number of piperazine rings is 1. The lowest BCUT2D eigenvalue weighted by molar-refractivity contribution is -0.141. The van der Waals surface area contributed by atoms with E-state index < -0.39 is 23.5 Å². The Kier molecular flexibility index (Phi) is 5.55. The number of nitrogens with one attached hydrogen (secondary N) is 1. The second kappa shape index (κ2) is 8.43. The Bertz CT molecular complexity index is 1050. The molecule has 0 aliphatic carbocycles. The summed E-state index contributed by atoms with van der Waals surface area (Å²) in [6.07, 6.45) is 3.03. The molecule has 4 aliphatic rings. The summed E-state index contributed by atoms with van der Waals surface area (Å²) in [4.78, 5) is 55.3. The summed E-state index contributed by atoms with van der Waals surface area (Å²) in [5, 5.41) is 2.71. The molecule has 3 saturated heterocycles. The first kappa shape index (κ1) is 22.4. The molecule has 2 bridgehead atoms. The van der Waals surface area contributed by atoms with Gasteiger partial charge < -0.3 is 29.5 Å². The zero-order valence-electron chi connectivity index (χ0n) is 19.2. The molecule has 4 aliphatic heterocycles. The highest BCUT2D eigenvalue weighted by atomic mass is 16.6. The van der Waals surface area contributed by atoms with Gasteiger partial charge in [0, 0.05) is 44.5 Å². The molecule has 1 spiro atoms. The van der Waals surface area contributed by atoms with Crippen LogP contribution >= 0.6 is 0 Å². The lowest BCUT2D eigenvalue weighted by Crippen LogP contribution is -2.54. The number of carbonyl (C=O) groups is 4. The van der Waals surface area contributed by atoms with Crippen molar-refractivity contribution in [3.05, 3.63) is 36.4 Å². The standard InChI is InChI=1S/C24H28N4O6/c1-3-33-23(32)27-12-10-26(11-13-27)21(30)19-18-8-9-24(34-18)14-28(22(31)20(19)24)17-6-4-16(5-7-17)25-15(2)29/h4-9,18-20H,3,10-14H2,1-2H3,(H,25,29)/t18-,19-,20+,24+/m1/s1. The van der Waals surface area contributed by atoms with Crippen LogP contribution in [0.4, 0.5) is 16.2 Å². The first-order valence-electron chi connectivity index (χ1n) is 11.6. The van der Waals surface area contributed by atoms with E-state index in [0.29, 0.717) is 50.7 Å². The maximum atomic E-state index is 13.5. The summed E-state index contributed by atoms with van der Waals surface area (Å²) >= 11 is 0. The van der Waals surface area contributed by atoms with Crippen molar-refractivity contribution < 1.29 is 28.7 Å². The lowest BCUT2D eigenvalue weighted by Gasteiger charge is -2.36. The highest BCUT2D eigenvalue weighted by molar-refractivity contribution is 6.03. The maximum absolute atomic E-state index is 13.5. The van der Waals surface area contributed by atoms with Crippen molar-refractivity contribution in [1.29, 1.82) is 0 Å². The van der Waals surface area contributed by atoms with Gasteiger partial charge in [0.05, 0.1) is 31.1 Å². The Balaban J connectivity index is 1.31. The quantitative estimate of drug-likeness (QED) is 0.666. The third-order valence-electron chi connectivity index (χ3n) is 7.00. The van der Waals surface area contributed by atoms with E-state index in [-0.39, 0.29) is 23.8 Å². The first-order valence-corrected chi connectivity index (χ1v) is 11.6. The Morgan fingerprint density at radius 3 is 2.44 bits per heavy atom.